The summed E-state index contributed by atoms with van der Waals surface area (Å²) in [6.07, 6.45) is 6.23. The molecule has 3 rings (SSSR count). The standard InChI is InChI=1S/C23H34ClN3O3/c1-25(16-19-15-20(24)7-8-21(19)30-2)17-22(28)26-13-9-18(10-14-26)23(29)27-11-5-3-4-6-12-27/h7-8,15,18H,3-6,9-14,16-17H2,1-2H3. The van der Waals surface area contributed by atoms with Crippen LogP contribution >= 0.6 is 11.6 Å². The molecule has 2 aliphatic heterocycles. The fraction of sp³-hybridized carbons (Fsp3) is 0.652. The fourth-order valence-corrected chi connectivity index (χ4v) is 4.67. The lowest BCUT2D eigenvalue weighted by Gasteiger charge is -2.34. The molecule has 0 radical (unpaired) electrons. The first-order valence-electron chi connectivity index (χ1n) is 11.1. The molecule has 0 saturated carbocycles. The Morgan fingerprint density at radius 2 is 1.73 bits per heavy atom. The van der Waals surface area contributed by atoms with Crippen LogP contribution in [0.4, 0.5) is 0 Å². The molecule has 1 aromatic rings. The Balaban J connectivity index is 1.47. The lowest BCUT2D eigenvalue weighted by molar-refractivity contribution is -0.141. The van der Waals surface area contributed by atoms with Gasteiger partial charge in [0.1, 0.15) is 5.75 Å². The summed E-state index contributed by atoms with van der Waals surface area (Å²) in [5.74, 6) is 1.25. The van der Waals surface area contributed by atoms with E-state index >= 15 is 0 Å². The van der Waals surface area contributed by atoms with Gasteiger partial charge in [0, 0.05) is 49.2 Å². The number of carbonyl (C=O) groups excluding carboxylic acids is 2. The number of rotatable bonds is 6. The van der Waals surface area contributed by atoms with E-state index in [-0.39, 0.29) is 11.8 Å². The fourth-order valence-electron chi connectivity index (χ4n) is 4.47. The summed E-state index contributed by atoms with van der Waals surface area (Å²) in [5.41, 5.74) is 0.960. The first-order valence-corrected chi connectivity index (χ1v) is 11.4. The van der Waals surface area contributed by atoms with Crippen molar-refractivity contribution >= 4 is 23.4 Å². The van der Waals surface area contributed by atoms with Crippen molar-refractivity contribution in [2.45, 2.75) is 45.1 Å². The second kappa shape index (κ2) is 11.0. The van der Waals surface area contributed by atoms with Gasteiger partial charge >= 0.3 is 0 Å². The number of hydrogen-bond donors (Lipinski definition) is 0. The number of hydrogen-bond acceptors (Lipinski definition) is 4. The van der Waals surface area contributed by atoms with Crippen molar-refractivity contribution < 1.29 is 14.3 Å². The lowest BCUT2D eigenvalue weighted by Crippen LogP contribution is -2.46. The molecule has 0 spiro atoms. The number of likely N-dealkylation sites (N-methyl/N-ethyl adjacent to an activating group) is 1. The van der Waals surface area contributed by atoms with E-state index in [0.29, 0.717) is 37.1 Å². The number of amides is 2. The molecule has 2 fully saturated rings. The molecule has 166 valence electrons. The van der Waals surface area contributed by atoms with Crippen molar-refractivity contribution in [3.8, 4) is 5.75 Å². The molecule has 2 heterocycles. The van der Waals surface area contributed by atoms with Crippen LogP contribution in [-0.4, -0.2) is 73.4 Å². The van der Waals surface area contributed by atoms with Gasteiger partial charge in [-0.15, -0.1) is 0 Å². The van der Waals surface area contributed by atoms with Crippen LogP contribution in [-0.2, 0) is 16.1 Å². The van der Waals surface area contributed by atoms with Crippen LogP contribution in [0.3, 0.4) is 0 Å². The molecule has 0 atom stereocenters. The average molecular weight is 436 g/mol. The van der Waals surface area contributed by atoms with Gasteiger partial charge in [0.25, 0.3) is 0 Å². The number of carbonyl (C=O) groups is 2. The number of ether oxygens (including phenoxy) is 1. The van der Waals surface area contributed by atoms with Crippen LogP contribution in [0, 0.1) is 5.92 Å². The van der Waals surface area contributed by atoms with Gasteiger partial charge in [0.15, 0.2) is 0 Å². The Hall–Kier alpha value is -1.79. The van der Waals surface area contributed by atoms with Crippen LogP contribution < -0.4 is 4.74 Å². The molecular formula is C23H34ClN3O3. The Morgan fingerprint density at radius 1 is 1.07 bits per heavy atom. The molecule has 0 aliphatic carbocycles. The zero-order valence-corrected chi connectivity index (χ0v) is 19.0. The summed E-state index contributed by atoms with van der Waals surface area (Å²) in [6, 6.07) is 5.52. The predicted octanol–water partition coefficient (Wildman–Crippen LogP) is 3.42. The Kier molecular flexibility index (Phi) is 8.40. The minimum absolute atomic E-state index is 0.0700. The summed E-state index contributed by atoms with van der Waals surface area (Å²) >= 11 is 6.11. The third kappa shape index (κ3) is 6.11. The third-order valence-corrected chi connectivity index (χ3v) is 6.44. The topological polar surface area (TPSA) is 53.1 Å². The molecule has 0 unspecified atom stereocenters. The van der Waals surface area contributed by atoms with E-state index in [2.05, 4.69) is 4.90 Å². The first-order chi connectivity index (χ1) is 14.5. The van der Waals surface area contributed by atoms with Gasteiger partial charge in [0.2, 0.25) is 11.8 Å². The maximum Gasteiger partial charge on any atom is 0.236 e. The highest BCUT2D eigenvalue weighted by Gasteiger charge is 2.30. The zero-order chi connectivity index (χ0) is 21.5. The van der Waals surface area contributed by atoms with Crippen LogP contribution in [0.2, 0.25) is 5.02 Å². The summed E-state index contributed by atoms with van der Waals surface area (Å²) in [4.78, 5) is 31.6. The van der Waals surface area contributed by atoms with Gasteiger partial charge < -0.3 is 14.5 Å². The number of methoxy groups -OCH3 is 1. The Bertz CT molecular complexity index is 726. The van der Waals surface area contributed by atoms with E-state index in [1.54, 1.807) is 13.2 Å². The van der Waals surface area contributed by atoms with Crippen molar-refractivity contribution in [3.05, 3.63) is 28.8 Å². The molecule has 2 saturated heterocycles. The van der Waals surface area contributed by atoms with E-state index < -0.39 is 0 Å². The van der Waals surface area contributed by atoms with Crippen LogP contribution in [0.5, 0.6) is 5.75 Å². The highest BCUT2D eigenvalue weighted by Crippen LogP contribution is 2.24. The quantitative estimate of drug-likeness (QED) is 0.687. The van der Waals surface area contributed by atoms with E-state index in [1.807, 2.05) is 29.0 Å². The number of piperidine rings is 1. The third-order valence-electron chi connectivity index (χ3n) is 6.20. The second-order valence-corrected chi connectivity index (χ2v) is 8.96. The van der Waals surface area contributed by atoms with Crippen LogP contribution in [0.25, 0.3) is 0 Å². The predicted molar refractivity (Wildman–Crippen MR) is 119 cm³/mol. The summed E-state index contributed by atoms with van der Waals surface area (Å²) in [6.45, 7) is 4.04. The monoisotopic (exact) mass is 435 g/mol. The molecule has 2 amide bonds. The maximum absolute atomic E-state index is 12.8. The smallest absolute Gasteiger partial charge is 0.236 e. The molecule has 0 N–H and O–H groups in total. The van der Waals surface area contributed by atoms with Gasteiger partial charge in [0.05, 0.1) is 13.7 Å². The normalized spacial score (nSPS) is 18.4. The molecule has 30 heavy (non-hydrogen) atoms. The number of halogens is 1. The molecule has 0 aromatic heterocycles. The zero-order valence-electron chi connectivity index (χ0n) is 18.2. The minimum Gasteiger partial charge on any atom is -0.496 e. The summed E-state index contributed by atoms with van der Waals surface area (Å²) in [5, 5.41) is 0.654. The van der Waals surface area contributed by atoms with Crippen molar-refractivity contribution in [1.29, 1.82) is 0 Å². The Labute approximate surface area is 185 Å². The molecule has 6 nitrogen and oxygen atoms in total. The molecule has 1 aromatic carbocycles. The Morgan fingerprint density at radius 3 is 2.37 bits per heavy atom. The lowest BCUT2D eigenvalue weighted by atomic mass is 9.95. The molecule has 0 bridgehead atoms. The van der Waals surface area contributed by atoms with E-state index in [1.165, 1.54) is 12.8 Å². The van der Waals surface area contributed by atoms with E-state index in [0.717, 1.165) is 50.1 Å². The maximum atomic E-state index is 12.8. The minimum atomic E-state index is 0.0700. The number of nitrogens with zero attached hydrogens (tertiary/aromatic N) is 3. The van der Waals surface area contributed by atoms with Gasteiger partial charge in [-0.1, -0.05) is 24.4 Å². The molecular weight excluding hydrogens is 402 g/mol. The SMILES string of the molecule is COc1ccc(Cl)cc1CN(C)CC(=O)N1CCC(C(=O)N2CCCCCC2)CC1. The summed E-state index contributed by atoms with van der Waals surface area (Å²) < 4.78 is 5.40. The van der Waals surface area contributed by atoms with Crippen molar-refractivity contribution in [2.75, 3.05) is 46.9 Å². The average Bonchev–Trinajstić information content (AvgIpc) is 3.03. The van der Waals surface area contributed by atoms with Crippen molar-refractivity contribution in [3.63, 3.8) is 0 Å². The van der Waals surface area contributed by atoms with Crippen LogP contribution in [0.15, 0.2) is 18.2 Å². The summed E-state index contributed by atoms with van der Waals surface area (Å²) in [7, 11) is 3.56. The van der Waals surface area contributed by atoms with Gasteiger partial charge in [-0.2, -0.15) is 0 Å². The highest BCUT2D eigenvalue weighted by molar-refractivity contribution is 6.30. The first kappa shape index (κ1) is 22.9. The van der Waals surface area contributed by atoms with Crippen molar-refractivity contribution in [1.82, 2.24) is 14.7 Å². The van der Waals surface area contributed by atoms with Gasteiger partial charge in [-0.25, -0.2) is 0 Å². The number of likely N-dealkylation sites (tertiary alicyclic amines) is 2. The molecule has 2 aliphatic rings. The van der Waals surface area contributed by atoms with Crippen molar-refractivity contribution in [2.24, 2.45) is 5.92 Å². The van der Waals surface area contributed by atoms with Gasteiger partial charge in [-0.3, -0.25) is 14.5 Å². The number of benzene rings is 1. The molecule has 7 heteroatoms. The largest absolute Gasteiger partial charge is 0.496 e. The van der Waals surface area contributed by atoms with E-state index in [9.17, 15) is 9.59 Å². The second-order valence-electron chi connectivity index (χ2n) is 8.52. The van der Waals surface area contributed by atoms with E-state index in [4.69, 9.17) is 16.3 Å². The highest BCUT2D eigenvalue weighted by atomic mass is 35.5. The van der Waals surface area contributed by atoms with Crippen LogP contribution in [0.1, 0.15) is 44.1 Å². The van der Waals surface area contributed by atoms with Gasteiger partial charge in [-0.05, 0) is 50.9 Å².